The fourth-order valence-corrected chi connectivity index (χ4v) is 5.17. The van der Waals surface area contributed by atoms with E-state index in [0.29, 0.717) is 6.04 Å². The summed E-state index contributed by atoms with van der Waals surface area (Å²) >= 11 is 1.82. The minimum Gasteiger partial charge on any atom is -0.474 e. The molecule has 0 saturated carbocycles. The van der Waals surface area contributed by atoms with Gasteiger partial charge in [0.25, 0.3) is 0 Å². The number of hydrogen-bond donors (Lipinski definition) is 1. The van der Waals surface area contributed by atoms with E-state index in [0.717, 1.165) is 30.2 Å². The number of aliphatic hydroxyl groups is 1. The molecule has 1 N–H and O–H groups in total. The van der Waals surface area contributed by atoms with E-state index in [9.17, 15) is 5.11 Å². The number of hydrogen-bond acceptors (Lipinski definition) is 4. The molecule has 0 aromatic carbocycles. The Kier molecular flexibility index (Phi) is 4.30. The highest BCUT2D eigenvalue weighted by Gasteiger charge is 2.47. The second kappa shape index (κ2) is 5.89. The second-order valence-electron chi connectivity index (χ2n) is 8.33. The lowest BCUT2D eigenvalue weighted by atomic mass is 9.82. The highest BCUT2D eigenvalue weighted by Crippen LogP contribution is 2.50. The van der Waals surface area contributed by atoms with Gasteiger partial charge in [0.05, 0.1) is 6.04 Å². The predicted molar refractivity (Wildman–Crippen MR) is 100 cm³/mol. The number of fused-ring (bicyclic) bond motifs is 2. The SMILES string of the molecule is C#CC(O)C1=CC2=C(SC1)C1N(CC2)C(OC(C)(C)C)=CC1(C)C. The van der Waals surface area contributed by atoms with Gasteiger partial charge in [0.15, 0.2) is 5.88 Å². The third-order valence-corrected chi connectivity index (χ3v) is 5.93. The Morgan fingerprint density at radius 3 is 2.79 bits per heavy atom. The minimum atomic E-state index is -0.765. The quantitative estimate of drug-likeness (QED) is 0.774. The van der Waals surface area contributed by atoms with Gasteiger partial charge in [-0.05, 0) is 44.4 Å². The molecule has 0 spiro atoms. The molecule has 0 fully saturated rings. The zero-order chi connectivity index (χ0) is 17.7. The number of ether oxygens (including phenoxy) is 1. The molecule has 3 aliphatic rings. The Balaban J connectivity index is 1.93. The highest BCUT2D eigenvalue weighted by atomic mass is 32.2. The molecule has 0 saturated heterocycles. The van der Waals surface area contributed by atoms with E-state index in [1.54, 1.807) is 0 Å². The van der Waals surface area contributed by atoms with Crippen molar-refractivity contribution in [1.82, 2.24) is 4.90 Å². The Morgan fingerprint density at radius 1 is 1.46 bits per heavy atom. The molecule has 3 aliphatic heterocycles. The van der Waals surface area contributed by atoms with E-state index in [1.165, 1.54) is 10.5 Å². The molecule has 130 valence electrons. The lowest BCUT2D eigenvalue weighted by Gasteiger charge is -2.43. The van der Waals surface area contributed by atoms with Gasteiger partial charge < -0.3 is 14.7 Å². The van der Waals surface area contributed by atoms with Crippen LogP contribution in [0.25, 0.3) is 0 Å². The minimum absolute atomic E-state index is 0.0185. The average Bonchev–Trinajstić information content (AvgIpc) is 2.74. The van der Waals surface area contributed by atoms with Crippen LogP contribution in [-0.4, -0.2) is 40.1 Å². The van der Waals surface area contributed by atoms with Crippen LogP contribution in [0.5, 0.6) is 0 Å². The van der Waals surface area contributed by atoms with E-state index < -0.39 is 6.10 Å². The van der Waals surface area contributed by atoms with Gasteiger partial charge in [-0.3, -0.25) is 0 Å². The predicted octanol–water partition coefficient (Wildman–Crippen LogP) is 3.68. The fraction of sp³-hybridized carbons (Fsp3) is 0.600. The van der Waals surface area contributed by atoms with Gasteiger partial charge in [-0.25, -0.2) is 0 Å². The number of allylic oxidation sites excluding steroid dienone is 1. The van der Waals surface area contributed by atoms with Gasteiger partial charge in [0.1, 0.15) is 11.7 Å². The third kappa shape index (κ3) is 3.12. The topological polar surface area (TPSA) is 32.7 Å². The number of thioether (sulfide) groups is 1. The molecule has 0 aromatic heterocycles. The molecule has 2 unspecified atom stereocenters. The standard InChI is InChI=1S/C20H27NO2S/c1-7-15(22)14-10-13-8-9-21-16(23-19(2,3)4)11-20(5,6)18(21)17(13)24-12-14/h1,10-11,15,18,22H,8-9,12H2,2-6H3. The summed E-state index contributed by atoms with van der Waals surface area (Å²) in [5.41, 5.74) is 2.10. The van der Waals surface area contributed by atoms with Crippen LogP contribution in [0.2, 0.25) is 0 Å². The molecule has 0 aromatic rings. The Morgan fingerprint density at radius 2 is 2.17 bits per heavy atom. The molecule has 3 heterocycles. The molecule has 0 amide bonds. The first-order valence-corrected chi connectivity index (χ1v) is 9.50. The summed E-state index contributed by atoms with van der Waals surface area (Å²) in [5, 5.41) is 9.95. The van der Waals surface area contributed by atoms with Gasteiger partial charge in [-0.2, -0.15) is 0 Å². The van der Waals surface area contributed by atoms with Crippen molar-refractivity contribution >= 4 is 11.8 Å². The summed E-state index contributed by atoms with van der Waals surface area (Å²) in [6.45, 7) is 11.8. The van der Waals surface area contributed by atoms with Crippen LogP contribution in [0.15, 0.2) is 34.1 Å². The summed E-state index contributed by atoms with van der Waals surface area (Å²) in [4.78, 5) is 3.82. The van der Waals surface area contributed by atoms with Gasteiger partial charge in [-0.1, -0.05) is 25.8 Å². The van der Waals surface area contributed by atoms with E-state index >= 15 is 0 Å². The molecule has 3 rings (SSSR count). The summed E-state index contributed by atoms with van der Waals surface area (Å²) < 4.78 is 6.23. The maximum Gasteiger partial charge on any atom is 0.186 e. The van der Waals surface area contributed by atoms with Crippen molar-refractivity contribution < 1.29 is 9.84 Å². The highest BCUT2D eigenvalue weighted by molar-refractivity contribution is 8.03. The maximum absolute atomic E-state index is 9.95. The lowest BCUT2D eigenvalue weighted by molar-refractivity contribution is -0.00146. The number of nitrogens with zero attached hydrogens (tertiary/aromatic N) is 1. The van der Waals surface area contributed by atoms with E-state index in [-0.39, 0.29) is 11.0 Å². The molecule has 4 heteroatoms. The zero-order valence-electron chi connectivity index (χ0n) is 15.2. The Labute approximate surface area is 149 Å². The van der Waals surface area contributed by atoms with Crippen LogP contribution in [0, 0.1) is 17.8 Å². The van der Waals surface area contributed by atoms with Crippen LogP contribution in [0.4, 0.5) is 0 Å². The zero-order valence-corrected chi connectivity index (χ0v) is 16.0. The number of rotatable bonds is 2. The average molecular weight is 346 g/mol. The first kappa shape index (κ1) is 17.5. The second-order valence-corrected chi connectivity index (χ2v) is 9.35. The van der Waals surface area contributed by atoms with Crippen LogP contribution in [0.3, 0.4) is 0 Å². The van der Waals surface area contributed by atoms with Gasteiger partial charge >= 0.3 is 0 Å². The van der Waals surface area contributed by atoms with Crippen LogP contribution in [0.1, 0.15) is 41.0 Å². The summed E-state index contributed by atoms with van der Waals surface area (Å²) in [7, 11) is 0. The van der Waals surface area contributed by atoms with Crippen LogP contribution >= 0.6 is 11.8 Å². The lowest BCUT2D eigenvalue weighted by Crippen LogP contribution is -2.44. The normalized spacial score (nSPS) is 26.9. The van der Waals surface area contributed by atoms with Crippen molar-refractivity contribution in [3.8, 4) is 12.3 Å². The monoisotopic (exact) mass is 345 g/mol. The molecule has 3 nitrogen and oxygen atoms in total. The summed E-state index contributed by atoms with van der Waals surface area (Å²) in [6, 6.07) is 0.310. The molecule has 0 radical (unpaired) electrons. The van der Waals surface area contributed by atoms with Gasteiger partial charge in [-0.15, -0.1) is 18.2 Å². The largest absolute Gasteiger partial charge is 0.474 e. The molecular weight excluding hydrogens is 318 g/mol. The molecule has 0 bridgehead atoms. The van der Waals surface area contributed by atoms with Crippen LogP contribution < -0.4 is 0 Å². The summed E-state index contributed by atoms with van der Waals surface area (Å²) in [5.74, 6) is 4.20. The number of aliphatic hydroxyl groups excluding tert-OH is 1. The first-order chi connectivity index (χ1) is 11.1. The van der Waals surface area contributed by atoms with E-state index in [2.05, 4.69) is 57.6 Å². The molecule has 0 aliphatic carbocycles. The fourth-order valence-electron chi connectivity index (χ4n) is 3.68. The first-order valence-electron chi connectivity index (χ1n) is 8.51. The van der Waals surface area contributed by atoms with Crippen molar-refractivity contribution in [2.45, 2.75) is 58.8 Å². The Bertz CT molecular complexity index is 673. The van der Waals surface area contributed by atoms with Crippen molar-refractivity contribution in [1.29, 1.82) is 0 Å². The van der Waals surface area contributed by atoms with Crippen molar-refractivity contribution in [3.05, 3.63) is 34.1 Å². The smallest absolute Gasteiger partial charge is 0.186 e. The van der Waals surface area contributed by atoms with Crippen molar-refractivity contribution in [2.75, 3.05) is 12.3 Å². The van der Waals surface area contributed by atoms with Crippen molar-refractivity contribution in [3.63, 3.8) is 0 Å². The number of terminal acetylenes is 1. The Hall–Kier alpha value is -1.31. The molecule has 2 atom stereocenters. The third-order valence-electron chi connectivity index (χ3n) is 4.66. The van der Waals surface area contributed by atoms with Gasteiger partial charge in [0.2, 0.25) is 0 Å². The van der Waals surface area contributed by atoms with Crippen molar-refractivity contribution in [2.24, 2.45) is 5.41 Å². The van der Waals surface area contributed by atoms with Crippen LogP contribution in [-0.2, 0) is 4.74 Å². The molecule has 24 heavy (non-hydrogen) atoms. The van der Waals surface area contributed by atoms with Gasteiger partial charge in [0, 0.05) is 22.6 Å². The maximum atomic E-state index is 9.95. The molecular formula is C20H27NO2S. The van der Waals surface area contributed by atoms with E-state index in [4.69, 9.17) is 11.2 Å². The van der Waals surface area contributed by atoms with E-state index in [1.807, 2.05) is 11.8 Å². The summed E-state index contributed by atoms with van der Waals surface area (Å²) in [6.07, 6.45) is 9.98.